The van der Waals surface area contributed by atoms with Crippen LogP contribution in [0.25, 0.3) is 10.1 Å². The first kappa shape index (κ1) is 27.8. The van der Waals surface area contributed by atoms with Crippen molar-refractivity contribution in [2.75, 3.05) is 13.7 Å². The van der Waals surface area contributed by atoms with Gasteiger partial charge < -0.3 is 15.2 Å². The number of carbonyl (C=O) groups excluding carboxylic acids is 1. The maximum atomic E-state index is 14.6. The van der Waals surface area contributed by atoms with Crippen molar-refractivity contribution in [2.45, 2.75) is 38.0 Å². The van der Waals surface area contributed by atoms with Gasteiger partial charge in [0.2, 0.25) is 0 Å². The lowest BCUT2D eigenvalue weighted by Gasteiger charge is -2.29. The zero-order chi connectivity index (χ0) is 27.9. The highest BCUT2D eigenvalue weighted by molar-refractivity contribution is 7.17. The molecule has 8 heteroatoms. The van der Waals surface area contributed by atoms with E-state index < -0.39 is 11.8 Å². The minimum Gasteiger partial charge on any atom is -0.497 e. The summed E-state index contributed by atoms with van der Waals surface area (Å²) in [6.07, 6.45) is 1.59. The van der Waals surface area contributed by atoms with Gasteiger partial charge in [-0.1, -0.05) is 37.6 Å². The number of nitriles is 1. The van der Waals surface area contributed by atoms with Gasteiger partial charge in [-0.2, -0.15) is 5.26 Å². The van der Waals surface area contributed by atoms with E-state index in [-0.39, 0.29) is 30.7 Å². The van der Waals surface area contributed by atoms with Gasteiger partial charge in [0.1, 0.15) is 17.6 Å². The SMILES string of the molecule is CCCC(c1ccc(C(=O)NCCC(=O)O)cc1)C(c1ccc(OC)cc1)c1csc2c(C#N)cc(F)cc12. The van der Waals surface area contributed by atoms with E-state index in [1.807, 2.05) is 41.8 Å². The van der Waals surface area contributed by atoms with Gasteiger partial charge in [-0.25, -0.2) is 4.39 Å². The highest BCUT2D eigenvalue weighted by Gasteiger charge is 2.29. The monoisotopic (exact) mass is 544 g/mol. The molecule has 6 nitrogen and oxygen atoms in total. The number of benzene rings is 3. The predicted octanol–water partition coefficient (Wildman–Crippen LogP) is 6.84. The molecule has 3 aromatic carbocycles. The van der Waals surface area contributed by atoms with Crippen LogP contribution in [0.15, 0.2) is 66.0 Å². The van der Waals surface area contributed by atoms with Crippen LogP contribution < -0.4 is 10.1 Å². The van der Waals surface area contributed by atoms with E-state index in [1.165, 1.54) is 23.5 Å². The molecule has 0 radical (unpaired) electrons. The lowest BCUT2D eigenvalue weighted by Crippen LogP contribution is -2.26. The molecule has 1 heterocycles. The summed E-state index contributed by atoms with van der Waals surface area (Å²) < 4.78 is 20.7. The molecule has 1 aromatic heterocycles. The van der Waals surface area contributed by atoms with E-state index in [4.69, 9.17) is 9.84 Å². The number of amides is 1. The number of carboxylic acid groups (broad SMARTS) is 1. The van der Waals surface area contributed by atoms with Crippen LogP contribution in [0.3, 0.4) is 0 Å². The number of ether oxygens (including phenoxy) is 1. The van der Waals surface area contributed by atoms with Crippen LogP contribution >= 0.6 is 11.3 Å². The van der Waals surface area contributed by atoms with E-state index >= 15 is 0 Å². The number of carbonyl (C=O) groups is 2. The van der Waals surface area contributed by atoms with Crippen LogP contribution in [-0.4, -0.2) is 30.6 Å². The van der Waals surface area contributed by atoms with Gasteiger partial charge in [-0.05, 0) is 70.8 Å². The van der Waals surface area contributed by atoms with Crippen LogP contribution in [-0.2, 0) is 4.79 Å². The van der Waals surface area contributed by atoms with E-state index in [0.717, 1.165) is 45.4 Å². The third kappa shape index (κ3) is 6.27. The Bertz CT molecular complexity index is 1510. The van der Waals surface area contributed by atoms with Gasteiger partial charge in [0.15, 0.2) is 0 Å². The van der Waals surface area contributed by atoms with E-state index in [1.54, 1.807) is 19.2 Å². The fourth-order valence-corrected chi connectivity index (χ4v) is 6.04. The molecule has 0 bridgehead atoms. The Balaban J connectivity index is 1.78. The standard InChI is InChI=1S/C31H29FN2O4S/c1-3-4-25(19-5-7-21(8-6-19)31(37)34-14-13-28(35)36)29(20-9-11-24(38-2)12-10-20)27-18-39-30-22(17-33)15-23(32)16-26(27)30/h5-12,15-16,18,25,29H,3-4,13-14H2,1-2H3,(H,34,37)(H,35,36). The van der Waals surface area contributed by atoms with E-state index in [2.05, 4.69) is 18.3 Å². The van der Waals surface area contributed by atoms with Gasteiger partial charge in [-0.15, -0.1) is 11.3 Å². The van der Waals surface area contributed by atoms with Crippen molar-refractivity contribution in [3.63, 3.8) is 0 Å². The number of halogens is 1. The Labute approximate surface area is 230 Å². The van der Waals surface area contributed by atoms with Gasteiger partial charge >= 0.3 is 5.97 Å². The fraction of sp³-hybridized carbons (Fsp3) is 0.258. The van der Waals surface area contributed by atoms with Crippen LogP contribution in [0, 0.1) is 17.1 Å². The summed E-state index contributed by atoms with van der Waals surface area (Å²) in [7, 11) is 1.62. The summed E-state index contributed by atoms with van der Waals surface area (Å²) in [6.45, 7) is 2.17. The lowest BCUT2D eigenvalue weighted by atomic mass is 9.75. The average molecular weight is 545 g/mol. The third-order valence-corrected chi connectivity index (χ3v) is 7.87. The smallest absolute Gasteiger partial charge is 0.305 e. The first-order valence-corrected chi connectivity index (χ1v) is 13.6. The van der Waals surface area contributed by atoms with Crippen molar-refractivity contribution < 1.29 is 23.8 Å². The number of rotatable bonds is 11. The van der Waals surface area contributed by atoms with Crippen molar-refractivity contribution in [3.05, 3.63) is 99.7 Å². The zero-order valence-corrected chi connectivity index (χ0v) is 22.6. The Morgan fingerprint density at radius 2 is 1.79 bits per heavy atom. The van der Waals surface area contributed by atoms with E-state index in [9.17, 15) is 19.2 Å². The molecule has 0 aliphatic heterocycles. The summed E-state index contributed by atoms with van der Waals surface area (Å²) in [4.78, 5) is 23.3. The molecule has 0 spiro atoms. The molecule has 2 unspecified atom stereocenters. The molecule has 0 fully saturated rings. The van der Waals surface area contributed by atoms with Crippen LogP contribution in [0.2, 0.25) is 0 Å². The molecule has 4 aromatic rings. The zero-order valence-electron chi connectivity index (χ0n) is 21.7. The quantitative estimate of drug-likeness (QED) is 0.215. The summed E-state index contributed by atoms with van der Waals surface area (Å²) >= 11 is 1.44. The summed E-state index contributed by atoms with van der Waals surface area (Å²) in [5.74, 6) is -1.16. The van der Waals surface area contributed by atoms with Gasteiger partial charge in [0, 0.05) is 23.4 Å². The highest BCUT2D eigenvalue weighted by Crippen LogP contribution is 2.46. The molecule has 39 heavy (non-hydrogen) atoms. The minimum atomic E-state index is -0.972. The molecule has 0 saturated carbocycles. The molecule has 200 valence electrons. The molecule has 1 amide bonds. The molecule has 2 N–H and O–H groups in total. The van der Waals surface area contributed by atoms with Crippen LogP contribution in [0.4, 0.5) is 4.39 Å². The molecular formula is C31H29FN2O4S. The number of hydrogen-bond acceptors (Lipinski definition) is 5. The Morgan fingerprint density at radius 1 is 1.10 bits per heavy atom. The van der Waals surface area contributed by atoms with Crippen molar-refractivity contribution in [3.8, 4) is 11.8 Å². The maximum absolute atomic E-state index is 14.6. The van der Waals surface area contributed by atoms with Crippen LogP contribution in [0.5, 0.6) is 5.75 Å². The predicted molar refractivity (Wildman–Crippen MR) is 150 cm³/mol. The third-order valence-electron chi connectivity index (χ3n) is 6.83. The second kappa shape index (κ2) is 12.5. The van der Waals surface area contributed by atoms with Crippen LogP contribution in [0.1, 0.15) is 70.6 Å². The summed E-state index contributed by atoms with van der Waals surface area (Å²) in [6, 6.07) is 20.1. The number of methoxy groups -OCH3 is 1. The number of fused-ring (bicyclic) bond motifs is 1. The molecule has 0 saturated heterocycles. The first-order valence-electron chi connectivity index (χ1n) is 12.7. The maximum Gasteiger partial charge on any atom is 0.305 e. The van der Waals surface area contributed by atoms with Crippen molar-refractivity contribution in [1.82, 2.24) is 5.32 Å². The number of nitrogens with zero attached hydrogens (tertiary/aromatic N) is 1. The Morgan fingerprint density at radius 3 is 2.41 bits per heavy atom. The number of nitrogens with one attached hydrogen (secondary N) is 1. The molecule has 0 aliphatic carbocycles. The number of hydrogen-bond donors (Lipinski definition) is 2. The minimum absolute atomic E-state index is 0.000815. The second-order valence-corrected chi connectivity index (χ2v) is 10.2. The fourth-order valence-electron chi connectivity index (χ4n) is 4.99. The van der Waals surface area contributed by atoms with Gasteiger partial charge in [-0.3, -0.25) is 9.59 Å². The molecular weight excluding hydrogens is 515 g/mol. The normalized spacial score (nSPS) is 12.5. The highest BCUT2D eigenvalue weighted by atomic mass is 32.1. The Kier molecular flexibility index (Phi) is 8.95. The van der Waals surface area contributed by atoms with Gasteiger partial charge in [0.05, 0.1) is 23.8 Å². The molecule has 0 aliphatic rings. The second-order valence-electron chi connectivity index (χ2n) is 9.30. The topological polar surface area (TPSA) is 99.4 Å². The average Bonchev–Trinajstić information content (AvgIpc) is 3.35. The molecule has 2 atom stereocenters. The van der Waals surface area contributed by atoms with Crippen molar-refractivity contribution in [1.29, 1.82) is 5.26 Å². The van der Waals surface area contributed by atoms with E-state index in [0.29, 0.717) is 11.1 Å². The number of thiophene rings is 1. The Hall–Kier alpha value is -4.22. The lowest BCUT2D eigenvalue weighted by molar-refractivity contribution is -0.136. The number of carboxylic acids is 1. The van der Waals surface area contributed by atoms with Gasteiger partial charge in [0.25, 0.3) is 5.91 Å². The largest absolute Gasteiger partial charge is 0.497 e. The molecule has 4 rings (SSSR count). The van der Waals surface area contributed by atoms with Crippen molar-refractivity contribution in [2.24, 2.45) is 0 Å². The first-order chi connectivity index (χ1) is 18.9. The summed E-state index contributed by atoms with van der Waals surface area (Å²) in [5, 5.41) is 23.8. The summed E-state index contributed by atoms with van der Waals surface area (Å²) in [5.41, 5.74) is 3.77. The number of aliphatic carboxylic acids is 1. The van der Waals surface area contributed by atoms with Crippen molar-refractivity contribution >= 4 is 33.3 Å².